The number of aromatic nitrogens is 2. The molecule has 0 aliphatic rings. The van der Waals surface area contributed by atoms with E-state index in [2.05, 4.69) is 11.1 Å². The van der Waals surface area contributed by atoms with Crippen molar-refractivity contribution >= 4 is 34.3 Å². The average Bonchev–Trinajstić information content (AvgIpc) is 2.53. The number of nitriles is 1. The van der Waals surface area contributed by atoms with Gasteiger partial charge in [0.15, 0.2) is 5.16 Å². The van der Waals surface area contributed by atoms with E-state index in [9.17, 15) is 4.79 Å². The maximum Gasteiger partial charge on any atom is 0.266 e. The summed E-state index contributed by atoms with van der Waals surface area (Å²) in [5, 5.41) is 10.3. The Labute approximate surface area is 136 Å². The Morgan fingerprint density at radius 3 is 2.73 bits per heavy atom. The maximum absolute atomic E-state index is 12.8. The monoisotopic (exact) mass is 327 g/mol. The van der Waals surface area contributed by atoms with Crippen molar-refractivity contribution in [3.63, 3.8) is 0 Å². The molecule has 0 fully saturated rings. The van der Waals surface area contributed by atoms with Crippen LogP contribution in [0, 0.1) is 11.3 Å². The fourth-order valence-corrected chi connectivity index (χ4v) is 2.98. The van der Waals surface area contributed by atoms with Crippen LogP contribution in [0.4, 0.5) is 0 Å². The van der Waals surface area contributed by atoms with Gasteiger partial charge in [0.25, 0.3) is 5.56 Å². The third kappa shape index (κ3) is 2.71. The lowest BCUT2D eigenvalue weighted by Crippen LogP contribution is -2.21. The molecule has 0 radical (unpaired) electrons. The SMILES string of the molecule is N#CCSc1nc2cc(Cl)ccc2c(=O)n1-c1ccccc1. The Balaban J connectivity index is 2.33. The van der Waals surface area contributed by atoms with Gasteiger partial charge < -0.3 is 0 Å². The fraction of sp³-hybridized carbons (Fsp3) is 0.0625. The topological polar surface area (TPSA) is 58.7 Å². The lowest BCUT2D eigenvalue weighted by Gasteiger charge is -2.12. The molecule has 0 bridgehead atoms. The number of halogens is 1. The molecule has 1 heterocycles. The van der Waals surface area contributed by atoms with Gasteiger partial charge in [-0.1, -0.05) is 41.6 Å². The summed E-state index contributed by atoms with van der Waals surface area (Å²) < 4.78 is 1.53. The highest BCUT2D eigenvalue weighted by Gasteiger charge is 2.13. The Morgan fingerprint density at radius 2 is 2.00 bits per heavy atom. The molecule has 108 valence electrons. The molecule has 0 spiro atoms. The van der Waals surface area contributed by atoms with Crippen LogP contribution in [0.5, 0.6) is 0 Å². The quantitative estimate of drug-likeness (QED) is 0.544. The number of nitrogens with zero attached hydrogens (tertiary/aromatic N) is 3. The van der Waals surface area contributed by atoms with Crippen molar-refractivity contribution in [3.05, 3.63) is 63.9 Å². The van der Waals surface area contributed by atoms with E-state index < -0.39 is 0 Å². The molecule has 22 heavy (non-hydrogen) atoms. The molecule has 0 unspecified atom stereocenters. The molecule has 0 aliphatic heterocycles. The van der Waals surface area contributed by atoms with Crippen LogP contribution >= 0.6 is 23.4 Å². The van der Waals surface area contributed by atoms with Crippen LogP contribution < -0.4 is 5.56 Å². The van der Waals surface area contributed by atoms with Crippen molar-refractivity contribution in [2.75, 3.05) is 5.75 Å². The predicted octanol–water partition coefficient (Wildman–Crippen LogP) is 3.65. The van der Waals surface area contributed by atoms with Crippen LogP contribution in [-0.4, -0.2) is 15.3 Å². The summed E-state index contributed by atoms with van der Waals surface area (Å²) in [6.07, 6.45) is 0. The zero-order valence-electron chi connectivity index (χ0n) is 11.4. The minimum Gasteiger partial charge on any atom is -0.268 e. The second-order valence-electron chi connectivity index (χ2n) is 4.48. The van der Waals surface area contributed by atoms with Gasteiger partial charge in [-0.2, -0.15) is 5.26 Å². The van der Waals surface area contributed by atoms with Gasteiger partial charge >= 0.3 is 0 Å². The first kappa shape index (κ1) is 14.6. The molecule has 0 amide bonds. The highest BCUT2D eigenvalue weighted by atomic mass is 35.5. The van der Waals surface area contributed by atoms with Gasteiger partial charge in [-0.3, -0.25) is 9.36 Å². The molecule has 2 aromatic carbocycles. The van der Waals surface area contributed by atoms with Crippen molar-refractivity contribution in [2.45, 2.75) is 5.16 Å². The number of para-hydroxylation sites is 1. The Bertz CT molecular complexity index is 932. The Morgan fingerprint density at radius 1 is 1.23 bits per heavy atom. The Hall–Kier alpha value is -2.29. The number of thioether (sulfide) groups is 1. The predicted molar refractivity (Wildman–Crippen MR) is 88.7 cm³/mol. The molecular formula is C16H10ClN3OS. The van der Waals surface area contributed by atoms with E-state index in [0.29, 0.717) is 21.1 Å². The number of hydrogen-bond donors (Lipinski definition) is 0. The zero-order chi connectivity index (χ0) is 15.5. The highest BCUT2D eigenvalue weighted by Crippen LogP contribution is 2.22. The summed E-state index contributed by atoms with van der Waals surface area (Å²) in [4.78, 5) is 17.3. The van der Waals surface area contributed by atoms with E-state index in [1.165, 1.54) is 16.3 Å². The molecule has 0 N–H and O–H groups in total. The number of rotatable bonds is 3. The molecule has 0 saturated heterocycles. The maximum atomic E-state index is 12.8. The third-order valence-corrected chi connectivity index (χ3v) is 4.12. The van der Waals surface area contributed by atoms with Crippen LogP contribution in [-0.2, 0) is 0 Å². The van der Waals surface area contributed by atoms with Crippen molar-refractivity contribution < 1.29 is 0 Å². The smallest absolute Gasteiger partial charge is 0.266 e. The van der Waals surface area contributed by atoms with E-state index in [1.54, 1.807) is 18.2 Å². The molecule has 3 aromatic rings. The van der Waals surface area contributed by atoms with Gasteiger partial charge in [-0.05, 0) is 30.3 Å². The molecule has 4 nitrogen and oxygen atoms in total. The van der Waals surface area contributed by atoms with Gasteiger partial charge in [-0.25, -0.2) is 4.98 Å². The van der Waals surface area contributed by atoms with Crippen molar-refractivity contribution in [3.8, 4) is 11.8 Å². The van der Waals surface area contributed by atoms with E-state index in [0.717, 1.165) is 5.69 Å². The second-order valence-corrected chi connectivity index (χ2v) is 5.86. The first-order valence-electron chi connectivity index (χ1n) is 6.48. The fourth-order valence-electron chi connectivity index (χ4n) is 2.14. The third-order valence-electron chi connectivity index (χ3n) is 3.08. The van der Waals surface area contributed by atoms with Gasteiger partial charge in [0.05, 0.1) is 28.4 Å². The van der Waals surface area contributed by atoms with Crippen molar-refractivity contribution in [1.82, 2.24) is 9.55 Å². The van der Waals surface area contributed by atoms with Gasteiger partial charge in [0.2, 0.25) is 0 Å². The average molecular weight is 328 g/mol. The molecular weight excluding hydrogens is 318 g/mol. The summed E-state index contributed by atoms with van der Waals surface area (Å²) >= 11 is 7.20. The molecule has 0 saturated carbocycles. The first-order chi connectivity index (χ1) is 10.7. The second kappa shape index (κ2) is 6.22. The van der Waals surface area contributed by atoms with Gasteiger partial charge in [0.1, 0.15) is 0 Å². The summed E-state index contributed by atoms with van der Waals surface area (Å²) in [5.74, 6) is 0.214. The molecule has 6 heteroatoms. The van der Waals surface area contributed by atoms with Gasteiger partial charge in [-0.15, -0.1) is 0 Å². The highest BCUT2D eigenvalue weighted by molar-refractivity contribution is 7.99. The van der Waals surface area contributed by atoms with Crippen LogP contribution in [0.25, 0.3) is 16.6 Å². The molecule has 1 aromatic heterocycles. The van der Waals surface area contributed by atoms with Crippen LogP contribution in [0.15, 0.2) is 58.5 Å². The summed E-state index contributed by atoms with van der Waals surface area (Å²) in [6.45, 7) is 0. The van der Waals surface area contributed by atoms with Crippen LogP contribution in [0.3, 0.4) is 0 Å². The largest absolute Gasteiger partial charge is 0.268 e. The van der Waals surface area contributed by atoms with E-state index in [-0.39, 0.29) is 11.3 Å². The standard InChI is InChI=1S/C16H10ClN3OS/c17-11-6-7-13-14(10-11)19-16(22-9-8-18)20(15(13)21)12-4-2-1-3-5-12/h1-7,10H,9H2. The minimum absolute atomic E-state index is 0.173. The molecule has 0 atom stereocenters. The Kier molecular flexibility index (Phi) is 4.14. The normalized spacial score (nSPS) is 10.5. The number of fused-ring (bicyclic) bond motifs is 1. The molecule has 0 aliphatic carbocycles. The van der Waals surface area contributed by atoms with E-state index in [1.807, 2.05) is 30.3 Å². The molecule has 3 rings (SSSR count). The number of hydrogen-bond acceptors (Lipinski definition) is 4. The van der Waals surface area contributed by atoms with Gasteiger partial charge in [0, 0.05) is 5.02 Å². The number of benzene rings is 2. The van der Waals surface area contributed by atoms with E-state index in [4.69, 9.17) is 16.9 Å². The summed E-state index contributed by atoms with van der Waals surface area (Å²) in [6, 6.07) is 16.3. The van der Waals surface area contributed by atoms with Crippen LogP contribution in [0.1, 0.15) is 0 Å². The van der Waals surface area contributed by atoms with Crippen LogP contribution in [0.2, 0.25) is 5.02 Å². The first-order valence-corrected chi connectivity index (χ1v) is 7.84. The van der Waals surface area contributed by atoms with Crippen molar-refractivity contribution in [2.24, 2.45) is 0 Å². The lowest BCUT2D eigenvalue weighted by molar-refractivity contribution is 0.821. The lowest BCUT2D eigenvalue weighted by atomic mass is 10.2. The summed E-state index contributed by atoms with van der Waals surface area (Å²) in [5.41, 5.74) is 1.08. The zero-order valence-corrected chi connectivity index (χ0v) is 12.9. The minimum atomic E-state index is -0.173. The summed E-state index contributed by atoms with van der Waals surface area (Å²) in [7, 11) is 0. The van der Waals surface area contributed by atoms with Crippen molar-refractivity contribution in [1.29, 1.82) is 5.26 Å². The van der Waals surface area contributed by atoms with E-state index >= 15 is 0 Å².